The zero-order valence-corrected chi connectivity index (χ0v) is 12.8. The first-order valence-corrected chi connectivity index (χ1v) is 7.50. The number of hydrogen-bond donors (Lipinski definition) is 1. The van der Waals surface area contributed by atoms with Crippen LogP contribution in [0.15, 0.2) is 24.3 Å². The summed E-state index contributed by atoms with van der Waals surface area (Å²) < 4.78 is 0. The Morgan fingerprint density at radius 1 is 1.30 bits per heavy atom. The van der Waals surface area contributed by atoms with Gasteiger partial charge in [0, 0.05) is 17.7 Å². The number of para-hydroxylation sites is 1. The first-order valence-electron chi connectivity index (χ1n) is 7.50. The summed E-state index contributed by atoms with van der Waals surface area (Å²) in [5.41, 5.74) is 1.08. The van der Waals surface area contributed by atoms with Gasteiger partial charge in [-0.05, 0) is 38.1 Å². The molecule has 0 spiro atoms. The van der Waals surface area contributed by atoms with Crippen molar-refractivity contribution in [3.63, 3.8) is 0 Å². The molecule has 0 bridgehead atoms. The maximum atomic E-state index is 11.0. The zero-order valence-electron chi connectivity index (χ0n) is 12.8. The van der Waals surface area contributed by atoms with Crippen LogP contribution >= 0.6 is 0 Å². The molecule has 20 heavy (non-hydrogen) atoms. The quantitative estimate of drug-likeness (QED) is 0.550. The van der Waals surface area contributed by atoms with E-state index in [1.165, 1.54) is 0 Å². The third kappa shape index (κ3) is 5.70. The molecule has 0 heterocycles. The molecule has 1 unspecified atom stereocenters. The molecule has 0 aliphatic rings. The van der Waals surface area contributed by atoms with Crippen molar-refractivity contribution in [2.45, 2.75) is 52.5 Å². The first-order chi connectivity index (χ1) is 9.54. The van der Waals surface area contributed by atoms with Crippen molar-refractivity contribution in [1.82, 2.24) is 5.32 Å². The summed E-state index contributed by atoms with van der Waals surface area (Å²) in [4.78, 5) is 10.7. The van der Waals surface area contributed by atoms with Gasteiger partial charge in [-0.1, -0.05) is 39.0 Å². The molecule has 112 valence electrons. The van der Waals surface area contributed by atoms with E-state index in [1.807, 2.05) is 12.1 Å². The molecule has 1 aromatic carbocycles. The number of aryl methyl sites for hydroxylation is 1. The van der Waals surface area contributed by atoms with E-state index >= 15 is 0 Å². The summed E-state index contributed by atoms with van der Waals surface area (Å²) in [6, 6.07) is 7.49. The van der Waals surface area contributed by atoms with Crippen molar-refractivity contribution in [2.24, 2.45) is 5.92 Å². The SMILES string of the molecule is CCCNC(CCc1ccccc1[N+](=O)[O-])CC(C)C. The molecule has 0 radical (unpaired) electrons. The van der Waals surface area contributed by atoms with Crippen LogP contribution in [-0.4, -0.2) is 17.5 Å². The topological polar surface area (TPSA) is 55.2 Å². The van der Waals surface area contributed by atoms with Gasteiger partial charge in [0.2, 0.25) is 0 Å². The third-order valence-electron chi connectivity index (χ3n) is 3.39. The van der Waals surface area contributed by atoms with Crippen molar-refractivity contribution in [1.29, 1.82) is 0 Å². The second kappa shape index (κ2) is 8.69. The van der Waals surface area contributed by atoms with Gasteiger partial charge in [0.25, 0.3) is 5.69 Å². The highest BCUT2D eigenvalue weighted by molar-refractivity contribution is 5.39. The average molecular weight is 278 g/mol. The van der Waals surface area contributed by atoms with E-state index in [2.05, 4.69) is 26.1 Å². The van der Waals surface area contributed by atoms with Crippen LogP contribution in [0.25, 0.3) is 0 Å². The fourth-order valence-electron chi connectivity index (χ4n) is 2.45. The number of nitro benzene ring substituents is 1. The minimum Gasteiger partial charge on any atom is -0.314 e. The predicted octanol–water partition coefficient (Wildman–Crippen LogP) is 3.94. The van der Waals surface area contributed by atoms with Gasteiger partial charge in [-0.25, -0.2) is 0 Å². The lowest BCUT2D eigenvalue weighted by Crippen LogP contribution is -2.31. The molecule has 1 N–H and O–H groups in total. The molecular weight excluding hydrogens is 252 g/mol. The summed E-state index contributed by atoms with van der Waals surface area (Å²) in [6.45, 7) is 7.59. The lowest BCUT2D eigenvalue weighted by molar-refractivity contribution is -0.385. The number of benzene rings is 1. The fraction of sp³-hybridized carbons (Fsp3) is 0.625. The van der Waals surface area contributed by atoms with Gasteiger partial charge in [0.15, 0.2) is 0 Å². The van der Waals surface area contributed by atoms with E-state index in [0.717, 1.165) is 37.8 Å². The van der Waals surface area contributed by atoms with Crippen LogP contribution in [0.4, 0.5) is 5.69 Å². The number of nitrogens with zero attached hydrogens (tertiary/aromatic N) is 1. The van der Waals surface area contributed by atoms with Gasteiger partial charge in [-0.3, -0.25) is 10.1 Å². The van der Waals surface area contributed by atoms with E-state index in [0.29, 0.717) is 12.0 Å². The average Bonchev–Trinajstić information content (AvgIpc) is 2.41. The number of hydrogen-bond acceptors (Lipinski definition) is 3. The maximum absolute atomic E-state index is 11.0. The largest absolute Gasteiger partial charge is 0.314 e. The predicted molar refractivity (Wildman–Crippen MR) is 83.0 cm³/mol. The Bertz CT molecular complexity index is 419. The van der Waals surface area contributed by atoms with Crippen molar-refractivity contribution >= 4 is 5.69 Å². The molecule has 0 aliphatic carbocycles. The molecule has 0 amide bonds. The fourth-order valence-corrected chi connectivity index (χ4v) is 2.45. The Hall–Kier alpha value is -1.42. The molecule has 0 aromatic heterocycles. The summed E-state index contributed by atoms with van der Waals surface area (Å²) >= 11 is 0. The summed E-state index contributed by atoms with van der Waals surface area (Å²) in [5.74, 6) is 0.634. The molecule has 0 saturated heterocycles. The van der Waals surface area contributed by atoms with Crippen molar-refractivity contribution in [3.05, 3.63) is 39.9 Å². The standard InChI is InChI=1S/C16H26N2O2/c1-4-11-17-15(12-13(2)3)10-9-14-7-5-6-8-16(14)18(19)20/h5-8,13,15,17H,4,9-12H2,1-3H3. The van der Waals surface area contributed by atoms with Gasteiger partial charge in [0.1, 0.15) is 0 Å². The Morgan fingerprint density at radius 3 is 2.60 bits per heavy atom. The van der Waals surface area contributed by atoms with E-state index < -0.39 is 0 Å². The second-order valence-electron chi connectivity index (χ2n) is 5.71. The highest BCUT2D eigenvalue weighted by Gasteiger charge is 2.15. The summed E-state index contributed by atoms with van der Waals surface area (Å²) in [5, 5.41) is 14.6. The number of nitrogens with one attached hydrogen (secondary N) is 1. The van der Waals surface area contributed by atoms with Crippen molar-refractivity contribution in [2.75, 3.05) is 6.54 Å². The smallest absolute Gasteiger partial charge is 0.272 e. The highest BCUT2D eigenvalue weighted by Crippen LogP contribution is 2.21. The zero-order chi connectivity index (χ0) is 15.0. The monoisotopic (exact) mass is 278 g/mol. The molecule has 1 atom stereocenters. The van der Waals surface area contributed by atoms with E-state index in [-0.39, 0.29) is 10.6 Å². The van der Waals surface area contributed by atoms with Crippen LogP contribution < -0.4 is 5.32 Å². The molecule has 0 fully saturated rings. The van der Waals surface area contributed by atoms with Crippen LogP contribution in [0, 0.1) is 16.0 Å². The Labute approximate surface area is 121 Å². The number of nitro groups is 1. The van der Waals surface area contributed by atoms with Gasteiger partial charge in [-0.15, -0.1) is 0 Å². The van der Waals surface area contributed by atoms with E-state index in [4.69, 9.17) is 0 Å². The third-order valence-corrected chi connectivity index (χ3v) is 3.39. The molecule has 0 aliphatic heterocycles. The Kier molecular flexibility index (Phi) is 7.23. The molecule has 4 heteroatoms. The van der Waals surface area contributed by atoms with Crippen molar-refractivity contribution in [3.8, 4) is 0 Å². The lowest BCUT2D eigenvalue weighted by atomic mass is 9.96. The van der Waals surface area contributed by atoms with Crippen molar-refractivity contribution < 1.29 is 4.92 Å². The Morgan fingerprint density at radius 2 is 2.00 bits per heavy atom. The molecule has 1 aromatic rings. The van der Waals surface area contributed by atoms with E-state index in [9.17, 15) is 10.1 Å². The molecular formula is C16H26N2O2. The van der Waals surface area contributed by atoms with Gasteiger partial charge >= 0.3 is 0 Å². The minimum atomic E-state index is -0.285. The maximum Gasteiger partial charge on any atom is 0.272 e. The van der Waals surface area contributed by atoms with Gasteiger partial charge < -0.3 is 5.32 Å². The van der Waals surface area contributed by atoms with Gasteiger partial charge in [0.05, 0.1) is 4.92 Å². The van der Waals surface area contributed by atoms with Crippen LogP contribution in [-0.2, 0) is 6.42 Å². The first kappa shape index (κ1) is 16.6. The van der Waals surface area contributed by atoms with Crippen LogP contribution in [0.1, 0.15) is 45.6 Å². The minimum absolute atomic E-state index is 0.242. The lowest BCUT2D eigenvalue weighted by Gasteiger charge is -2.20. The highest BCUT2D eigenvalue weighted by atomic mass is 16.6. The van der Waals surface area contributed by atoms with Crippen LogP contribution in [0.5, 0.6) is 0 Å². The van der Waals surface area contributed by atoms with Crippen LogP contribution in [0.3, 0.4) is 0 Å². The normalized spacial score (nSPS) is 12.6. The van der Waals surface area contributed by atoms with Crippen LogP contribution in [0.2, 0.25) is 0 Å². The summed E-state index contributed by atoms with van der Waals surface area (Å²) in [7, 11) is 0. The van der Waals surface area contributed by atoms with E-state index in [1.54, 1.807) is 12.1 Å². The summed E-state index contributed by atoms with van der Waals surface area (Å²) in [6.07, 6.45) is 3.93. The number of rotatable bonds is 9. The molecule has 1 rings (SSSR count). The second-order valence-corrected chi connectivity index (χ2v) is 5.71. The Balaban J connectivity index is 2.64. The molecule has 0 saturated carbocycles. The molecule has 4 nitrogen and oxygen atoms in total. The van der Waals surface area contributed by atoms with Gasteiger partial charge in [-0.2, -0.15) is 0 Å².